The van der Waals surface area contributed by atoms with E-state index in [0.717, 1.165) is 45.5 Å². The van der Waals surface area contributed by atoms with Crippen molar-refractivity contribution in [1.82, 2.24) is 4.90 Å². The molecule has 1 aliphatic heterocycles. The van der Waals surface area contributed by atoms with Gasteiger partial charge in [-0.15, -0.1) is 0 Å². The first-order valence-electron chi connectivity index (χ1n) is 12.1. The van der Waals surface area contributed by atoms with Crippen molar-refractivity contribution in [2.75, 3.05) is 32.8 Å². The number of unbranched alkanes of at least 4 members (excludes halogenated alkanes) is 9. The number of nitrogens with zero attached hydrogens (tertiary/aromatic N) is 1. The summed E-state index contributed by atoms with van der Waals surface area (Å²) in [5.74, 6) is 0. The summed E-state index contributed by atoms with van der Waals surface area (Å²) < 4.78 is 6.01. The molecule has 0 aromatic rings. The Bertz CT molecular complexity index is 381. The van der Waals surface area contributed by atoms with Crippen LogP contribution >= 0.6 is 0 Å². The molecule has 0 saturated carbocycles. The highest BCUT2D eigenvalue weighted by atomic mass is 16.5. The highest BCUT2D eigenvalue weighted by molar-refractivity contribution is 4.92. The van der Waals surface area contributed by atoms with E-state index in [-0.39, 0.29) is 0 Å². The average molecular weight is 394 g/mol. The number of likely N-dealkylation sites (tertiary alicyclic amines) is 1. The monoisotopic (exact) mass is 393 g/mol. The second-order valence-corrected chi connectivity index (χ2v) is 8.24. The standard InChI is InChI=1S/C25H47NO2/c1-2-3-4-5-6-7-8-9-10-11-12-13-14-15-16-17-23-28-25-19-21-26(24-25)20-18-22-27/h6-7,9-10,25,27H,2-5,8,11-24H2,1H3/b7-6-,10-9-/t25-/m0/s1. The van der Waals surface area contributed by atoms with Crippen molar-refractivity contribution in [3.63, 3.8) is 0 Å². The third-order valence-corrected chi connectivity index (χ3v) is 5.56. The second-order valence-electron chi connectivity index (χ2n) is 8.24. The molecule has 0 amide bonds. The summed E-state index contributed by atoms with van der Waals surface area (Å²) >= 11 is 0. The van der Waals surface area contributed by atoms with Crippen molar-refractivity contribution in [3.8, 4) is 0 Å². The van der Waals surface area contributed by atoms with E-state index in [9.17, 15) is 0 Å². The van der Waals surface area contributed by atoms with Gasteiger partial charge in [-0.3, -0.25) is 0 Å². The van der Waals surface area contributed by atoms with Crippen LogP contribution in [0.15, 0.2) is 24.3 Å². The Morgan fingerprint density at radius 2 is 1.54 bits per heavy atom. The number of hydrogen-bond acceptors (Lipinski definition) is 3. The molecule has 0 aromatic carbocycles. The molecular weight excluding hydrogens is 346 g/mol. The van der Waals surface area contributed by atoms with Gasteiger partial charge in [0.2, 0.25) is 0 Å². The molecule has 1 rings (SSSR count). The van der Waals surface area contributed by atoms with Crippen molar-refractivity contribution >= 4 is 0 Å². The molecule has 1 atom stereocenters. The lowest BCUT2D eigenvalue weighted by atomic mass is 10.1. The van der Waals surface area contributed by atoms with E-state index < -0.39 is 0 Å². The van der Waals surface area contributed by atoms with Crippen LogP contribution in [-0.2, 0) is 4.74 Å². The first-order valence-corrected chi connectivity index (χ1v) is 12.1. The Hall–Kier alpha value is -0.640. The van der Waals surface area contributed by atoms with Gasteiger partial charge in [-0.25, -0.2) is 0 Å². The Kier molecular flexibility index (Phi) is 17.8. The number of allylic oxidation sites excluding steroid dienone is 4. The number of rotatable bonds is 19. The zero-order chi connectivity index (χ0) is 20.1. The normalized spacial score (nSPS) is 18.1. The molecule has 1 heterocycles. The maximum Gasteiger partial charge on any atom is 0.0714 e. The molecule has 164 valence electrons. The van der Waals surface area contributed by atoms with E-state index in [2.05, 4.69) is 36.1 Å². The van der Waals surface area contributed by atoms with E-state index in [1.807, 2.05) is 0 Å². The zero-order valence-corrected chi connectivity index (χ0v) is 18.6. The summed E-state index contributed by atoms with van der Waals surface area (Å²) in [6.45, 7) is 6.69. The Morgan fingerprint density at radius 3 is 2.25 bits per heavy atom. The predicted molar refractivity (Wildman–Crippen MR) is 122 cm³/mol. The predicted octanol–water partition coefficient (Wildman–Crippen LogP) is 6.27. The smallest absolute Gasteiger partial charge is 0.0714 e. The SMILES string of the molecule is CCCCC/C=C\C/C=C\CCCCCCCCO[C@H]1CCN(CCCO)C1. The van der Waals surface area contributed by atoms with Crippen LogP contribution in [0, 0.1) is 0 Å². The highest BCUT2D eigenvalue weighted by Gasteiger charge is 2.21. The summed E-state index contributed by atoms with van der Waals surface area (Å²) in [5, 5.41) is 8.90. The van der Waals surface area contributed by atoms with Gasteiger partial charge in [0.1, 0.15) is 0 Å². The fourth-order valence-electron chi connectivity index (χ4n) is 3.77. The fourth-order valence-corrected chi connectivity index (χ4v) is 3.77. The Labute approximate surface area is 175 Å². The molecule has 3 heteroatoms. The first-order chi connectivity index (χ1) is 13.9. The van der Waals surface area contributed by atoms with Gasteiger partial charge in [0.15, 0.2) is 0 Å². The van der Waals surface area contributed by atoms with Crippen LogP contribution in [0.25, 0.3) is 0 Å². The van der Waals surface area contributed by atoms with Crippen LogP contribution in [0.5, 0.6) is 0 Å². The molecule has 0 unspecified atom stereocenters. The highest BCUT2D eigenvalue weighted by Crippen LogP contribution is 2.14. The molecule has 0 radical (unpaired) electrons. The van der Waals surface area contributed by atoms with Gasteiger partial charge in [0.05, 0.1) is 6.10 Å². The summed E-state index contributed by atoms with van der Waals surface area (Å²) in [4.78, 5) is 2.42. The molecule has 0 spiro atoms. The molecular formula is C25H47NO2. The average Bonchev–Trinajstić information content (AvgIpc) is 3.16. The van der Waals surface area contributed by atoms with E-state index in [1.54, 1.807) is 0 Å². The van der Waals surface area contributed by atoms with Crippen LogP contribution < -0.4 is 0 Å². The fraction of sp³-hybridized carbons (Fsp3) is 0.840. The molecule has 0 aromatic heterocycles. The topological polar surface area (TPSA) is 32.7 Å². The zero-order valence-electron chi connectivity index (χ0n) is 18.6. The van der Waals surface area contributed by atoms with E-state index in [0.29, 0.717) is 12.7 Å². The summed E-state index contributed by atoms with van der Waals surface area (Å²) in [5.41, 5.74) is 0. The maximum atomic E-state index is 8.90. The maximum absolute atomic E-state index is 8.90. The van der Waals surface area contributed by atoms with Crippen molar-refractivity contribution in [2.24, 2.45) is 0 Å². The summed E-state index contributed by atoms with van der Waals surface area (Å²) in [6, 6.07) is 0. The molecule has 1 N–H and O–H groups in total. The van der Waals surface area contributed by atoms with E-state index in [1.165, 1.54) is 70.6 Å². The molecule has 0 aliphatic carbocycles. The minimum atomic E-state index is 0.300. The van der Waals surface area contributed by atoms with Crippen LogP contribution in [0.1, 0.15) is 96.8 Å². The minimum absolute atomic E-state index is 0.300. The van der Waals surface area contributed by atoms with Crippen molar-refractivity contribution in [3.05, 3.63) is 24.3 Å². The Balaban J connectivity index is 1.78. The van der Waals surface area contributed by atoms with Crippen molar-refractivity contribution in [1.29, 1.82) is 0 Å². The van der Waals surface area contributed by atoms with Crippen LogP contribution in [-0.4, -0.2) is 49.0 Å². The number of hydrogen-bond donors (Lipinski definition) is 1. The minimum Gasteiger partial charge on any atom is -0.396 e. The number of aliphatic hydroxyl groups excluding tert-OH is 1. The lowest BCUT2D eigenvalue weighted by Gasteiger charge is -2.15. The van der Waals surface area contributed by atoms with Crippen molar-refractivity contribution in [2.45, 2.75) is 103 Å². The summed E-state index contributed by atoms with van der Waals surface area (Å²) in [7, 11) is 0. The third-order valence-electron chi connectivity index (χ3n) is 5.56. The van der Waals surface area contributed by atoms with Gasteiger partial charge in [-0.2, -0.15) is 0 Å². The Morgan fingerprint density at radius 1 is 0.857 bits per heavy atom. The van der Waals surface area contributed by atoms with Gasteiger partial charge >= 0.3 is 0 Å². The lowest BCUT2D eigenvalue weighted by Crippen LogP contribution is -2.25. The van der Waals surface area contributed by atoms with Gasteiger partial charge in [-0.05, 0) is 51.4 Å². The number of aliphatic hydroxyl groups is 1. The molecule has 0 bridgehead atoms. The summed E-state index contributed by atoms with van der Waals surface area (Å²) in [6.07, 6.45) is 27.3. The largest absolute Gasteiger partial charge is 0.396 e. The lowest BCUT2D eigenvalue weighted by molar-refractivity contribution is 0.0559. The number of ether oxygens (including phenoxy) is 1. The van der Waals surface area contributed by atoms with Gasteiger partial charge in [-0.1, -0.05) is 69.8 Å². The van der Waals surface area contributed by atoms with Gasteiger partial charge in [0, 0.05) is 32.8 Å². The third kappa shape index (κ3) is 15.3. The van der Waals surface area contributed by atoms with E-state index in [4.69, 9.17) is 9.84 Å². The molecule has 1 fully saturated rings. The quantitative estimate of drug-likeness (QED) is 0.207. The molecule has 3 nitrogen and oxygen atoms in total. The van der Waals surface area contributed by atoms with Crippen molar-refractivity contribution < 1.29 is 9.84 Å². The van der Waals surface area contributed by atoms with Gasteiger partial charge in [0.25, 0.3) is 0 Å². The van der Waals surface area contributed by atoms with Crippen LogP contribution in [0.3, 0.4) is 0 Å². The molecule has 1 saturated heterocycles. The van der Waals surface area contributed by atoms with Crippen LogP contribution in [0.4, 0.5) is 0 Å². The van der Waals surface area contributed by atoms with E-state index >= 15 is 0 Å². The molecule has 28 heavy (non-hydrogen) atoms. The first kappa shape index (κ1) is 25.4. The molecule has 1 aliphatic rings. The van der Waals surface area contributed by atoms with Gasteiger partial charge < -0.3 is 14.7 Å². The van der Waals surface area contributed by atoms with Crippen LogP contribution in [0.2, 0.25) is 0 Å². The second kappa shape index (κ2) is 19.7.